The minimum absolute atomic E-state index is 0.176. The topological polar surface area (TPSA) is 41.5 Å². The van der Waals surface area contributed by atoms with Crippen LogP contribution in [0.5, 0.6) is 0 Å². The summed E-state index contributed by atoms with van der Waals surface area (Å²) in [6.07, 6.45) is 0.449. The molecular formula is C13H18FNO2. The number of nitrogens with one attached hydrogen (secondary N) is 1. The summed E-state index contributed by atoms with van der Waals surface area (Å²) in [6.45, 7) is 3.19. The maximum Gasteiger partial charge on any atom is 0.123 e. The molecule has 2 N–H and O–H groups in total. The Labute approximate surface area is 101 Å². The van der Waals surface area contributed by atoms with E-state index in [1.165, 1.54) is 12.1 Å². The average Bonchev–Trinajstić information content (AvgIpc) is 2.72. The van der Waals surface area contributed by atoms with Gasteiger partial charge in [-0.25, -0.2) is 4.39 Å². The van der Waals surface area contributed by atoms with Crippen molar-refractivity contribution in [2.75, 3.05) is 13.2 Å². The molecule has 17 heavy (non-hydrogen) atoms. The first-order chi connectivity index (χ1) is 8.16. The third-order valence-corrected chi connectivity index (χ3v) is 3.18. The largest absolute Gasteiger partial charge is 0.387 e. The highest BCUT2D eigenvalue weighted by Crippen LogP contribution is 2.16. The Morgan fingerprint density at radius 1 is 1.59 bits per heavy atom. The van der Waals surface area contributed by atoms with E-state index in [0.717, 1.165) is 13.0 Å². The molecule has 1 aromatic carbocycles. The molecule has 3 atom stereocenters. The lowest BCUT2D eigenvalue weighted by molar-refractivity contribution is 0.107. The van der Waals surface area contributed by atoms with Crippen molar-refractivity contribution in [1.29, 1.82) is 0 Å². The van der Waals surface area contributed by atoms with E-state index in [2.05, 4.69) is 5.32 Å². The van der Waals surface area contributed by atoms with Gasteiger partial charge < -0.3 is 15.2 Å². The lowest BCUT2D eigenvalue weighted by atomic mass is 10.1. The summed E-state index contributed by atoms with van der Waals surface area (Å²) in [6, 6.07) is 6.34. The maximum absolute atomic E-state index is 13.0. The zero-order valence-corrected chi connectivity index (χ0v) is 9.90. The zero-order valence-electron chi connectivity index (χ0n) is 9.90. The van der Waals surface area contributed by atoms with E-state index in [9.17, 15) is 9.50 Å². The van der Waals surface area contributed by atoms with Crippen LogP contribution in [0.15, 0.2) is 24.3 Å². The molecule has 0 aromatic heterocycles. The number of hydrogen-bond acceptors (Lipinski definition) is 3. The molecule has 94 valence electrons. The third-order valence-electron chi connectivity index (χ3n) is 3.18. The molecule has 0 aliphatic carbocycles. The summed E-state index contributed by atoms with van der Waals surface area (Å²) < 4.78 is 18.4. The molecule has 3 unspecified atom stereocenters. The predicted octanol–water partition coefficient (Wildman–Crippen LogP) is 1.63. The van der Waals surface area contributed by atoms with Crippen molar-refractivity contribution < 1.29 is 14.2 Å². The molecular weight excluding hydrogens is 221 g/mol. The van der Waals surface area contributed by atoms with Crippen molar-refractivity contribution in [2.45, 2.75) is 31.6 Å². The Hall–Kier alpha value is -0.970. The van der Waals surface area contributed by atoms with Crippen LogP contribution in [0, 0.1) is 5.82 Å². The van der Waals surface area contributed by atoms with Crippen LogP contribution in [0.2, 0.25) is 0 Å². The molecule has 1 fully saturated rings. The number of ether oxygens (including phenoxy) is 1. The standard InChI is InChI=1S/C13H18FNO2/c1-9-12(5-6-17-9)15-8-13(16)10-3-2-4-11(14)7-10/h2-4,7,9,12-13,15-16H,5-6,8H2,1H3. The van der Waals surface area contributed by atoms with Crippen molar-refractivity contribution in [3.05, 3.63) is 35.6 Å². The summed E-state index contributed by atoms with van der Waals surface area (Å²) in [5.41, 5.74) is 0.601. The summed E-state index contributed by atoms with van der Waals surface area (Å²) >= 11 is 0. The van der Waals surface area contributed by atoms with Gasteiger partial charge in [0.25, 0.3) is 0 Å². The van der Waals surface area contributed by atoms with Crippen LogP contribution in [0.3, 0.4) is 0 Å². The summed E-state index contributed by atoms with van der Waals surface area (Å²) in [5.74, 6) is -0.320. The van der Waals surface area contributed by atoms with Crippen molar-refractivity contribution >= 4 is 0 Å². The SMILES string of the molecule is CC1OCCC1NCC(O)c1cccc(F)c1. The van der Waals surface area contributed by atoms with E-state index in [0.29, 0.717) is 12.1 Å². The Kier molecular flexibility index (Phi) is 4.10. The Morgan fingerprint density at radius 3 is 3.06 bits per heavy atom. The molecule has 1 aliphatic rings. The van der Waals surface area contributed by atoms with Crippen LogP contribution in [0.4, 0.5) is 4.39 Å². The van der Waals surface area contributed by atoms with Gasteiger partial charge >= 0.3 is 0 Å². The molecule has 0 amide bonds. The van der Waals surface area contributed by atoms with Crippen molar-refractivity contribution in [2.24, 2.45) is 0 Å². The summed E-state index contributed by atoms with van der Waals surface area (Å²) in [4.78, 5) is 0. The highest BCUT2D eigenvalue weighted by Gasteiger charge is 2.24. The molecule has 0 radical (unpaired) electrons. The fraction of sp³-hybridized carbons (Fsp3) is 0.538. The molecule has 1 aliphatic heterocycles. The van der Waals surface area contributed by atoms with Gasteiger partial charge in [-0.2, -0.15) is 0 Å². The van der Waals surface area contributed by atoms with Gasteiger partial charge in [-0.15, -0.1) is 0 Å². The molecule has 1 aromatic rings. The molecule has 3 nitrogen and oxygen atoms in total. The van der Waals surface area contributed by atoms with E-state index < -0.39 is 6.10 Å². The second-order valence-electron chi connectivity index (χ2n) is 4.45. The Balaban J connectivity index is 1.86. The average molecular weight is 239 g/mol. The smallest absolute Gasteiger partial charge is 0.123 e. The molecule has 0 spiro atoms. The van der Waals surface area contributed by atoms with E-state index in [1.807, 2.05) is 6.92 Å². The van der Waals surface area contributed by atoms with Crippen molar-refractivity contribution in [1.82, 2.24) is 5.32 Å². The van der Waals surface area contributed by atoms with Crippen LogP contribution in [-0.4, -0.2) is 30.4 Å². The van der Waals surface area contributed by atoms with Gasteiger partial charge in [0.05, 0.1) is 12.2 Å². The second kappa shape index (κ2) is 5.58. The van der Waals surface area contributed by atoms with E-state index in [-0.39, 0.29) is 18.0 Å². The third kappa shape index (κ3) is 3.25. The second-order valence-corrected chi connectivity index (χ2v) is 4.45. The van der Waals surface area contributed by atoms with Crippen LogP contribution < -0.4 is 5.32 Å². The monoisotopic (exact) mass is 239 g/mol. The lowest BCUT2D eigenvalue weighted by Gasteiger charge is -2.19. The predicted molar refractivity (Wildman–Crippen MR) is 63.2 cm³/mol. The molecule has 2 rings (SSSR count). The maximum atomic E-state index is 13.0. The minimum atomic E-state index is -0.682. The number of aliphatic hydroxyl groups is 1. The normalized spacial score (nSPS) is 26.1. The van der Waals surface area contributed by atoms with Crippen LogP contribution in [0.1, 0.15) is 25.0 Å². The van der Waals surface area contributed by atoms with Crippen molar-refractivity contribution in [3.63, 3.8) is 0 Å². The number of aliphatic hydroxyl groups excluding tert-OH is 1. The van der Waals surface area contributed by atoms with Gasteiger partial charge in [0, 0.05) is 19.2 Å². The first-order valence-electron chi connectivity index (χ1n) is 5.95. The zero-order chi connectivity index (χ0) is 12.3. The van der Waals surface area contributed by atoms with E-state index in [4.69, 9.17) is 4.74 Å². The number of halogens is 1. The van der Waals surface area contributed by atoms with Gasteiger partial charge in [0.2, 0.25) is 0 Å². The number of benzene rings is 1. The highest BCUT2D eigenvalue weighted by molar-refractivity contribution is 5.19. The van der Waals surface area contributed by atoms with Crippen LogP contribution in [-0.2, 0) is 4.74 Å². The van der Waals surface area contributed by atoms with Crippen LogP contribution >= 0.6 is 0 Å². The first kappa shape index (κ1) is 12.5. The van der Waals surface area contributed by atoms with E-state index >= 15 is 0 Å². The van der Waals surface area contributed by atoms with Crippen molar-refractivity contribution in [3.8, 4) is 0 Å². The quantitative estimate of drug-likeness (QED) is 0.839. The summed E-state index contributed by atoms with van der Waals surface area (Å²) in [5, 5.41) is 13.2. The first-order valence-corrected chi connectivity index (χ1v) is 5.95. The number of hydrogen-bond donors (Lipinski definition) is 2. The molecule has 1 saturated heterocycles. The molecule has 4 heteroatoms. The van der Waals surface area contributed by atoms with Gasteiger partial charge in [0.15, 0.2) is 0 Å². The van der Waals surface area contributed by atoms with E-state index in [1.54, 1.807) is 12.1 Å². The Bertz CT molecular complexity index is 372. The van der Waals surface area contributed by atoms with Gasteiger partial charge in [0.1, 0.15) is 5.82 Å². The Morgan fingerprint density at radius 2 is 2.41 bits per heavy atom. The van der Waals surface area contributed by atoms with Crippen LogP contribution in [0.25, 0.3) is 0 Å². The van der Waals surface area contributed by atoms with Gasteiger partial charge in [-0.05, 0) is 31.0 Å². The fourth-order valence-corrected chi connectivity index (χ4v) is 2.09. The van der Waals surface area contributed by atoms with Gasteiger partial charge in [-0.1, -0.05) is 12.1 Å². The highest BCUT2D eigenvalue weighted by atomic mass is 19.1. The molecule has 0 bridgehead atoms. The fourth-order valence-electron chi connectivity index (χ4n) is 2.09. The number of rotatable bonds is 4. The summed E-state index contributed by atoms with van der Waals surface area (Å²) in [7, 11) is 0. The van der Waals surface area contributed by atoms with Gasteiger partial charge in [-0.3, -0.25) is 0 Å². The lowest BCUT2D eigenvalue weighted by Crippen LogP contribution is -2.37. The minimum Gasteiger partial charge on any atom is -0.387 e. The molecule has 1 heterocycles. The molecule has 0 saturated carbocycles.